The molecule has 0 aromatic heterocycles. The van der Waals surface area contributed by atoms with Crippen LogP contribution < -0.4 is 16.0 Å². The molecule has 2 unspecified atom stereocenters. The van der Waals surface area contributed by atoms with Crippen molar-refractivity contribution in [2.75, 3.05) is 13.1 Å². The first-order valence-corrected chi connectivity index (χ1v) is 9.18. The van der Waals surface area contributed by atoms with Crippen molar-refractivity contribution in [1.82, 2.24) is 16.0 Å². The van der Waals surface area contributed by atoms with Crippen molar-refractivity contribution in [1.29, 1.82) is 0 Å². The fourth-order valence-electron chi connectivity index (χ4n) is 2.88. The maximum atomic E-state index is 12.0. The molecule has 0 saturated carbocycles. The summed E-state index contributed by atoms with van der Waals surface area (Å²) in [4.78, 5) is 23.3. The highest BCUT2D eigenvalue weighted by atomic mass is 16.4. The third-order valence-corrected chi connectivity index (χ3v) is 4.21. The van der Waals surface area contributed by atoms with E-state index in [1.165, 1.54) is 5.56 Å². The monoisotopic (exact) mass is 363 g/mol. The van der Waals surface area contributed by atoms with Gasteiger partial charge in [-0.1, -0.05) is 44.2 Å². The van der Waals surface area contributed by atoms with E-state index in [4.69, 9.17) is 0 Å². The van der Waals surface area contributed by atoms with Crippen molar-refractivity contribution in [3.8, 4) is 0 Å². The first-order valence-electron chi connectivity index (χ1n) is 9.18. The zero-order chi connectivity index (χ0) is 19.7. The van der Waals surface area contributed by atoms with E-state index in [0.717, 1.165) is 0 Å². The van der Waals surface area contributed by atoms with Crippen LogP contribution in [0.25, 0.3) is 0 Å². The summed E-state index contributed by atoms with van der Waals surface area (Å²) in [7, 11) is 0. The number of rotatable bonds is 10. The van der Waals surface area contributed by atoms with Crippen molar-refractivity contribution >= 4 is 12.0 Å². The Morgan fingerprint density at radius 1 is 1.08 bits per heavy atom. The van der Waals surface area contributed by atoms with Crippen molar-refractivity contribution in [2.24, 2.45) is 11.8 Å². The van der Waals surface area contributed by atoms with Crippen LogP contribution in [0.4, 0.5) is 4.79 Å². The molecule has 2 atom stereocenters. The fourth-order valence-corrected chi connectivity index (χ4v) is 2.88. The van der Waals surface area contributed by atoms with E-state index in [0.29, 0.717) is 13.0 Å². The summed E-state index contributed by atoms with van der Waals surface area (Å²) in [5.74, 6) is -1.17. The second-order valence-corrected chi connectivity index (χ2v) is 7.89. The van der Waals surface area contributed by atoms with Crippen LogP contribution in [0.5, 0.6) is 0 Å². The van der Waals surface area contributed by atoms with Gasteiger partial charge in [0.25, 0.3) is 0 Å². The van der Waals surface area contributed by atoms with E-state index < -0.39 is 11.9 Å². The van der Waals surface area contributed by atoms with Crippen LogP contribution in [-0.4, -0.2) is 35.7 Å². The molecule has 0 heterocycles. The van der Waals surface area contributed by atoms with Gasteiger partial charge in [-0.2, -0.15) is 0 Å². The van der Waals surface area contributed by atoms with Crippen molar-refractivity contribution in [3.63, 3.8) is 0 Å². The van der Waals surface area contributed by atoms with Crippen LogP contribution in [0.3, 0.4) is 0 Å². The van der Waals surface area contributed by atoms with Crippen LogP contribution in [0, 0.1) is 11.8 Å². The van der Waals surface area contributed by atoms with E-state index in [1.54, 1.807) is 0 Å². The third-order valence-electron chi connectivity index (χ3n) is 4.21. The predicted octanol–water partition coefficient (Wildman–Crippen LogP) is 3.16. The summed E-state index contributed by atoms with van der Waals surface area (Å²) >= 11 is 0. The highest BCUT2D eigenvalue weighted by Gasteiger charge is 2.23. The van der Waals surface area contributed by atoms with Gasteiger partial charge in [0, 0.05) is 24.7 Å². The summed E-state index contributed by atoms with van der Waals surface area (Å²) in [6.07, 6.45) is 0.539. The minimum absolute atomic E-state index is 0.133. The SMILES string of the molecule is CC(C)CC(CNC(=O)NCC(C)(C)NC(C)c1ccccc1)C(=O)O. The molecule has 6 heteroatoms. The first-order chi connectivity index (χ1) is 12.1. The van der Waals surface area contributed by atoms with Gasteiger partial charge in [-0.25, -0.2) is 4.79 Å². The van der Waals surface area contributed by atoms with Gasteiger partial charge in [0.1, 0.15) is 0 Å². The largest absolute Gasteiger partial charge is 0.481 e. The highest BCUT2D eigenvalue weighted by Crippen LogP contribution is 2.15. The van der Waals surface area contributed by atoms with Gasteiger partial charge >= 0.3 is 12.0 Å². The Balaban J connectivity index is 2.43. The van der Waals surface area contributed by atoms with Crippen molar-refractivity contribution in [3.05, 3.63) is 35.9 Å². The highest BCUT2D eigenvalue weighted by molar-refractivity contribution is 5.75. The second-order valence-electron chi connectivity index (χ2n) is 7.89. The van der Waals surface area contributed by atoms with Gasteiger partial charge in [0.15, 0.2) is 0 Å². The lowest BCUT2D eigenvalue weighted by Crippen LogP contribution is -2.52. The molecule has 2 amide bonds. The van der Waals surface area contributed by atoms with Crippen molar-refractivity contribution < 1.29 is 14.7 Å². The maximum absolute atomic E-state index is 12.0. The van der Waals surface area contributed by atoms with E-state index in [-0.39, 0.29) is 30.1 Å². The van der Waals surface area contributed by atoms with Crippen LogP contribution in [0.15, 0.2) is 30.3 Å². The number of amides is 2. The van der Waals surface area contributed by atoms with Crippen LogP contribution in [-0.2, 0) is 4.79 Å². The second kappa shape index (κ2) is 10.2. The minimum atomic E-state index is -0.877. The third kappa shape index (κ3) is 8.34. The van der Waals surface area contributed by atoms with E-state index in [2.05, 4.69) is 35.0 Å². The van der Waals surface area contributed by atoms with Crippen LogP contribution in [0.1, 0.15) is 52.6 Å². The Labute approximate surface area is 156 Å². The number of aliphatic carboxylic acids is 1. The molecule has 146 valence electrons. The molecule has 1 aromatic carbocycles. The maximum Gasteiger partial charge on any atom is 0.314 e. The number of carbonyl (C=O) groups excluding carboxylic acids is 1. The van der Waals surface area contributed by atoms with E-state index in [1.807, 2.05) is 45.9 Å². The van der Waals surface area contributed by atoms with Gasteiger partial charge in [0.05, 0.1) is 5.92 Å². The number of hydrogen-bond donors (Lipinski definition) is 4. The lowest BCUT2D eigenvalue weighted by molar-refractivity contribution is -0.142. The Hall–Kier alpha value is -2.08. The lowest BCUT2D eigenvalue weighted by Gasteiger charge is -2.31. The minimum Gasteiger partial charge on any atom is -0.481 e. The van der Waals surface area contributed by atoms with E-state index in [9.17, 15) is 14.7 Å². The lowest BCUT2D eigenvalue weighted by atomic mass is 9.97. The van der Waals surface area contributed by atoms with Crippen LogP contribution in [0.2, 0.25) is 0 Å². The Kier molecular flexibility index (Phi) is 8.58. The average Bonchev–Trinajstić information content (AvgIpc) is 2.56. The van der Waals surface area contributed by atoms with Gasteiger partial charge in [0.2, 0.25) is 0 Å². The molecule has 6 nitrogen and oxygen atoms in total. The quantitative estimate of drug-likeness (QED) is 0.514. The molecule has 1 rings (SSSR count). The summed E-state index contributed by atoms with van der Waals surface area (Å²) in [6.45, 7) is 10.6. The Morgan fingerprint density at radius 3 is 2.23 bits per heavy atom. The standard InChI is InChI=1S/C20H33N3O3/c1-14(2)11-17(18(24)25)12-21-19(26)22-13-20(4,5)23-15(3)16-9-7-6-8-10-16/h6-10,14-15,17,23H,11-13H2,1-5H3,(H,24,25)(H2,21,22,26). The number of hydrogen-bond acceptors (Lipinski definition) is 3. The smallest absolute Gasteiger partial charge is 0.314 e. The molecule has 0 bridgehead atoms. The number of nitrogens with one attached hydrogen (secondary N) is 3. The number of carbonyl (C=O) groups is 2. The van der Waals surface area contributed by atoms with Gasteiger partial charge < -0.3 is 21.1 Å². The molecular formula is C20H33N3O3. The van der Waals surface area contributed by atoms with Gasteiger partial charge in [-0.15, -0.1) is 0 Å². The first kappa shape index (κ1) is 22.0. The summed E-state index contributed by atoms with van der Waals surface area (Å²) < 4.78 is 0. The fraction of sp³-hybridized carbons (Fsp3) is 0.600. The molecular weight excluding hydrogens is 330 g/mol. The Morgan fingerprint density at radius 2 is 1.69 bits per heavy atom. The van der Waals surface area contributed by atoms with Gasteiger partial charge in [-0.05, 0) is 38.7 Å². The number of urea groups is 1. The molecule has 0 spiro atoms. The zero-order valence-electron chi connectivity index (χ0n) is 16.5. The molecule has 0 fully saturated rings. The topological polar surface area (TPSA) is 90.5 Å². The van der Waals surface area contributed by atoms with E-state index >= 15 is 0 Å². The van der Waals surface area contributed by atoms with Crippen molar-refractivity contribution in [2.45, 2.75) is 52.6 Å². The number of benzene rings is 1. The molecule has 1 aromatic rings. The molecule has 0 saturated heterocycles. The molecule has 0 radical (unpaired) electrons. The molecule has 0 aliphatic rings. The Bertz CT molecular complexity index is 573. The number of carboxylic acids is 1. The van der Waals surface area contributed by atoms with Crippen LogP contribution >= 0.6 is 0 Å². The summed E-state index contributed by atoms with van der Waals surface area (Å²) in [5.41, 5.74) is 0.875. The molecule has 26 heavy (non-hydrogen) atoms. The summed E-state index contributed by atoms with van der Waals surface area (Å²) in [6, 6.07) is 9.92. The molecule has 0 aliphatic heterocycles. The summed E-state index contributed by atoms with van der Waals surface area (Å²) in [5, 5.41) is 18.2. The predicted molar refractivity (Wildman–Crippen MR) is 104 cm³/mol. The number of carboxylic acid groups (broad SMARTS) is 1. The molecule has 0 aliphatic carbocycles. The zero-order valence-corrected chi connectivity index (χ0v) is 16.5. The van der Waals surface area contributed by atoms with Gasteiger partial charge in [-0.3, -0.25) is 4.79 Å². The normalized spacial score (nSPS) is 13.9. The molecule has 4 N–H and O–H groups in total. The average molecular weight is 364 g/mol.